The molecule has 19 atom stereocenters. The Balaban J connectivity index is 0.000000288. The molecule has 784 valence electrons. The first kappa shape index (κ1) is 123. The molecule has 1 aliphatic heterocycles. The molecule has 1 N–H and O–H groups in total. The summed E-state index contributed by atoms with van der Waals surface area (Å²) in [5, 5.41) is 43.3. The van der Waals surface area contributed by atoms with Crippen LogP contribution in [-0.4, -0.2) is 184 Å². The summed E-state index contributed by atoms with van der Waals surface area (Å²) >= 11 is 0. The minimum atomic E-state index is -0.687. The first-order chi connectivity index (χ1) is 64.3. The summed E-state index contributed by atoms with van der Waals surface area (Å²) in [7, 11) is 12.4. The van der Waals surface area contributed by atoms with Crippen LogP contribution in [0.25, 0.3) is 0 Å². The molecular formula is C104H174N5O24P5. The fraction of sp³-hybridized carbons (Fsp3) is 0.865. The number of nitriles is 4. The maximum atomic E-state index is 12.5. The standard InChI is InChI=1S/C20H36N2O6P2.C18H28NO3P.C17H28O2.C15H24O3.C14H24NO3P.C10H18NO3P.C10H16O4/c1-15(27-17(23)8-10-19(3,29)14-21)25-12-6-7-13-26-16(2)28-18(24)9-11-20(4,30)22-5;1-12(21-16(20)3-4-17(2,23)11-19)22-18-8-13-5-14(9-18)7-15(6-13)10-18;1-5-16(2,3)15(18)19-17(4)13-7-11-6-12(9-13)10-14(17)8-11;1-3-10(2)13(16)18-15-7-11-4-12(8-15)6-14(17,5-11)9-15;1-11(17-12-6-4-3-5-7-12)18-13(16)8-9-14(2,19)10-15;1-4-13-8(2)14-9(12)5-6-10(3,15)7-11;1-4-10(2,3)9(12)14-7-5-6-13-8(7)11/h15-16H,5-13,29-30H2,1-4H3;12-15H,3-10,23H2,1-2H3;11-14H,5-10H2,1-4H3;10-12,17H,3-9H2,1-2H3;11-12H,3-9,19H2,1-2H3;8H,4-6,15H2,1-3H3;7H,4-6H2,1-3H3. The van der Waals surface area contributed by atoms with Crippen LogP contribution in [0.2, 0.25) is 0 Å². The van der Waals surface area contributed by atoms with Gasteiger partial charge in [0.25, 0.3) is 0 Å². The molecule has 0 spiro atoms. The lowest BCUT2D eigenvalue weighted by atomic mass is 9.50. The molecule has 0 aromatic heterocycles. The van der Waals surface area contributed by atoms with Crippen molar-refractivity contribution in [3.63, 3.8) is 0 Å². The van der Waals surface area contributed by atoms with Gasteiger partial charge in [-0.2, -0.15) is 21.0 Å². The summed E-state index contributed by atoms with van der Waals surface area (Å²) in [5.74, 6) is 4.23. The van der Waals surface area contributed by atoms with Gasteiger partial charge in [-0.25, -0.2) is 4.79 Å². The number of aliphatic hydroxyl groups is 1. The van der Waals surface area contributed by atoms with Crippen molar-refractivity contribution < 1.29 is 115 Å². The summed E-state index contributed by atoms with van der Waals surface area (Å²) in [6.07, 6.45) is 30.1. The van der Waals surface area contributed by atoms with Crippen LogP contribution in [0.5, 0.6) is 0 Å². The highest BCUT2D eigenvalue weighted by molar-refractivity contribution is 7.20. The molecule has 34 heteroatoms. The average Bonchev–Trinajstić information content (AvgIpc) is 0.748. The molecule has 0 aromatic carbocycles. The zero-order valence-electron chi connectivity index (χ0n) is 87.2. The lowest BCUT2D eigenvalue weighted by Gasteiger charge is -2.59. The van der Waals surface area contributed by atoms with E-state index in [9.17, 15) is 48.3 Å². The van der Waals surface area contributed by atoms with Gasteiger partial charge in [-0.3, -0.25) is 43.3 Å². The van der Waals surface area contributed by atoms with Gasteiger partial charge < -0.3 is 71.4 Å². The van der Waals surface area contributed by atoms with Crippen LogP contribution >= 0.6 is 46.2 Å². The van der Waals surface area contributed by atoms with Crippen molar-refractivity contribution in [1.29, 1.82) is 21.0 Å². The van der Waals surface area contributed by atoms with E-state index in [2.05, 4.69) is 96.0 Å². The van der Waals surface area contributed by atoms with Crippen molar-refractivity contribution in [3.8, 4) is 24.3 Å². The quantitative estimate of drug-likeness (QED) is 0.0148. The molecule has 0 aromatic rings. The number of cyclic esters (lactones) is 1. The topological polar surface area (TPSA) is 411 Å². The van der Waals surface area contributed by atoms with E-state index in [4.69, 9.17) is 87.4 Å². The van der Waals surface area contributed by atoms with E-state index >= 15 is 0 Å². The summed E-state index contributed by atoms with van der Waals surface area (Å²) in [6.45, 7) is 42.3. The number of hydrogen-bond donors (Lipinski definition) is 1. The average molecular weight is 2030 g/mol. The minimum Gasteiger partial charge on any atom is -0.463 e. The molecule has 19 unspecified atom stereocenters. The van der Waals surface area contributed by atoms with Crippen molar-refractivity contribution >= 4 is 107 Å². The van der Waals surface area contributed by atoms with Gasteiger partial charge in [0.2, 0.25) is 12.4 Å². The number of rotatable bonds is 43. The number of esters is 9. The third-order valence-corrected chi connectivity index (χ3v) is 31.6. The second-order valence-electron chi connectivity index (χ2n) is 44.2. The maximum Gasteiger partial charge on any atom is 0.347 e. The number of unbranched alkanes of at least 4 members (excludes halogenated alkanes) is 1. The van der Waals surface area contributed by atoms with Gasteiger partial charge in [0, 0.05) is 51.6 Å². The third-order valence-electron chi connectivity index (χ3n) is 29.5. The van der Waals surface area contributed by atoms with E-state index in [1.54, 1.807) is 69.2 Å². The number of carbonyl (C=O) groups is 9. The molecule has 13 saturated carbocycles. The number of aliphatic imine (C=N–C) groups is 1. The van der Waals surface area contributed by atoms with E-state index in [1.807, 2.05) is 55.4 Å². The first-order valence-corrected chi connectivity index (χ1v) is 54.0. The van der Waals surface area contributed by atoms with Crippen LogP contribution in [-0.2, 0) is 109 Å². The molecule has 29 nitrogen and oxygen atoms in total. The molecule has 14 rings (SSSR count). The number of carbonyl (C=O) groups excluding carboxylic acids is 9. The van der Waals surface area contributed by atoms with Crippen LogP contribution in [0.15, 0.2) is 4.99 Å². The van der Waals surface area contributed by atoms with Crippen LogP contribution in [0, 0.1) is 115 Å². The zero-order valence-corrected chi connectivity index (χ0v) is 93.0. The van der Waals surface area contributed by atoms with Gasteiger partial charge in [-0.1, -0.05) is 47.0 Å². The second kappa shape index (κ2) is 56.5. The van der Waals surface area contributed by atoms with Gasteiger partial charge >= 0.3 is 53.7 Å². The molecule has 12 bridgehead atoms. The van der Waals surface area contributed by atoms with Gasteiger partial charge in [-0.05, 0) is 351 Å². The molecule has 138 heavy (non-hydrogen) atoms. The first-order valence-electron chi connectivity index (χ1n) is 51.1. The fourth-order valence-corrected chi connectivity index (χ4v) is 21.7. The van der Waals surface area contributed by atoms with E-state index in [-0.39, 0.29) is 108 Å². The van der Waals surface area contributed by atoms with E-state index in [0.29, 0.717) is 114 Å². The third kappa shape index (κ3) is 43.2. The highest BCUT2D eigenvalue weighted by Crippen LogP contribution is 2.62. The van der Waals surface area contributed by atoms with Crippen molar-refractivity contribution in [2.45, 2.75) is 474 Å². The summed E-state index contributed by atoms with van der Waals surface area (Å²) in [5.41, 5.74) is -1.95. The van der Waals surface area contributed by atoms with Crippen LogP contribution < -0.4 is 0 Å². The van der Waals surface area contributed by atoms with Crippen molar-refractivity contribution in [3.05, 3.63) is 0 Å². The van der Waals surface area contributed by atoms with Crippen molar-refractivity contribution in [1.82, 2.24) is 0 Å². The summed E-state index contributed by atoms with van der Waals surface area (Å²) in [4.78, 5) is 109. The predicted octanol–water partition coefficient (Wildman–Crippen LogP) is 20.5. The summed E-state index contributed by atoms with van der Waals surface area (Å²) < 4.78 is 75.7. The number of hydrogen-bond acceptors (Lipinski definition) is 29. The Labute approximate surface area is 837 Å². The van der Waals surface area contributed by atoms with Gasteiger partial charge in [0.1, 0.15) is 11.2 Å². The van der Waals surface area contributed by atoms with E-state index < -0.39 is 86.4 Å². The van der Waals surface area contributed by atoms with E-state index in [1.165, 1.54) is 77.0 Å². The normalized spacial score (nSPS) is 29.3. The van der Waals surface area contributed by atoms with Gasteiger partial charge in [-0.15, -0.1) is 46.2 Å². The molecule has 0 amide bonds. The molecule has 13 aliphatic carbocycles. The van der Waals surface area contributed by atoms with Gasteiger partial charge in [0.05, 0.1) is 104 Å². The predicted molar refractivity (Wildman–Crippen MR) is 542 cm³/mol. The summed E-state index contributed by atoms with van der Waals surface area (Å²) in [6, 6.07) is 8.53. The van der Waals surface area contributed by atoms with Crippen molar-refractivity contribution in [2.75, 3.05) is 26.4 Å². The lowest BCUT2D eigenvalue weighted by Crippen LogP contribution is -2.60. The Hall–Kier alpha value is -5.23. The molecule has 1 saturated heterocycles. The minimum absolute atomic E-state index is 0.0185. The van der Waals surface area contributed by atoms with Crippen LogP contribution in [0.4, 0.5) is 0 Å². The Morgan fingerprint density at radius 3 is 1.22 bits per heavy atom. The maximum absolute atomic E-state index is 12.5. The molecular weight excluding hydrogens is 1860 g/mol. The highest BCUT2D eigenvalue weighted by Gasteiger charge is 2.61. The largest absolute Gasteiger partial charge is 0.463 e. The Morgan fingerprint density at radius 2 is 0.848 bits per heavy atom. The fourth-order valence-electron chi connectivity index (χ4n) is 20.9. The van der Waals surface area contributed by atoms with Gasteiger partial charge in [0.15, 0.2) is 25.2 Å². The van der Waals surface area contributed by atoms with Crippen molar-refractivity contribution in [2.24, 2.45) is 75.0 Å². The smallest absolute Gasteiger partial charge is 0.347 e. The molecule has 14 fully saturated rings. The zero-order chi connectivity index (χ0) is 104. The van der Waals surface area contributed by atoms with Crippen LogP contribution in [0.1, 0.15) is 382 Å². The Kier molecular flexibility index (Phi) is 50.4. The Bertz CT molecular complexity index is 4010. The Morgan fingerprint density at radius 1 is 0.478 bits per heavy atom. The lowest BCUT2D eigenvalue weighted by molar-refractivity contribution is -0.245. The van der Waals surface area contributed by atoms with Crippen LogP contribution in [0.3, 0.4) is 0 Å². The molecule has 1 heterocycles. The second-order valence-corrected chi connectivity index (χ2v) is 50.6. The SMILES string of the molecule is C=NC(C)(P)CCC(=O)OC(C)OCCCCOC(C)OC(=O)CCC(C)(P)C#N.CC(OC(=O)CCC(C)(P)C#N)OC12CC3CC(CC(C3)C1)C2.CC(OC(=O)CCC(C)(P)C#N)OC1CCCCC1.CCC(C)(C)C(=O)OC1(C)C2CC3CC(C2)CC1C3.CCC(C)(C)C(=O)OC1CCOC1=O.CCC(C)C(=O)OC12CC3CC(CC(O)(C3)C1)C2.CCOC(C)OC(=O)CCC(C)(P)C#N. The van der Waals surface area contributed by atoms with E-state index in [0.717, 1.165) is 100 Å². The number of ether oxygens (including phenoxy) is 14. The highest BCUT2D eigenvalue weighted by atomic mass is 31.0. The molecule has 0 radical (unpaired) electrons. The molecule has 14 aliphatic rings. The number of nitrogens with zero attached hydrogens (tertiary/aromatic N) is 5. The monoisotopic (exact) mass is 2030 g/mol.